The highest BCUT2D eigenvalue weighted by molar-refractivity contribution is 5.85. The van der Waals surface area contributed by atoms with Crippen molar-refractivity contribution in [1.82, 2.24) is 0 Å². The summed E-state index contributed by atoms with van der Waals surface area (Å²) in [5, 5.41) is 0. The molecule has 0 aliphatic heterocycles. The molecule has 0 heterocycles. The minimum atomic E-state index is 0.768. The van der Waals surface area contributed by atoms with Crippen LogP contribution in [0.2, 0.25) is 0 Å². The minimum Gasteiger partial charge on any atom is -0.398 e. The van der Waals surface area contributed by atoms with E-state index in [4.69, 9.17) is 5.73 Å². The first kappa shape index (κ1) is 26.4. The highest BCUT2D eigenvalue weighted by atomic mass is 14.7. The van der Waals surface area contributed by atoms with Crippen LogP contribution in [0.25, 0.3) is 0 Å². The summed E-state index contributed by atoms with van der Waals surface area (Å²) in [7, 11) is 0. The molecule has 0 aliphatic carbocycles. The van der Waals surface area contributed by atoms with Gasteiger partial charge in [0.1, 0.15) is 0 Å². The summed E-state index contributed by atoms with van der Waals surface area (Å²) in [6.07, 6.45) is 13.5. The van der Waals surface area contributed by atoms with E-state index in [1.54, 1.807) is 12.4 Å². The van der Waals surface area contributed by atoms with Crippen molar-refractivity contribution in [2.75, 3.05) is 0 Å². The molecule has 0 radical (unpaired) electrons. The lowest BCUT2D eigenvalue weighted by Crippen LogP contribution is -2.08. The topological polar surface area (TPSA) is 50.7 Å². The van der Waals surface area contributed by atoms with Gasteiger partial charge in [-0.1, -0.05) is 56.8 Å². The van der Waals surface area contributed by atoms with Crippen molar-refractivity contribution in [3.05, 3.63) is 57.6 Å². The zero-order valence-electron chi connectivity index (χ0n) is 19.7. The molecule has 0 spiro atoms. The molecular weight excluding hydrogens is 354 g/mol. The maximum Gasteiger partial charge on any atom is 0.0474 e. The Morgan fingerprint density at radius 3 is 2.21 bits per heavy atom. The standard InChI is InChI=1S/C26H39N3/c1-9-14-15-24(17-16-23(12-4)19-28-18-20(6)10-2)25(22(8)29-13-5)26(27)21(7)11-3/h12-13,15,18-19H,9-11,14,27H2,1-8H3/b20-18+,23-12-,24-15-,25-22-,26-21-,28-19+,29-13?. The van der Waals surface area contributed by atoms with E-state index in [0.29, 0.717) is 0 Å². The smallest absolute Gasteiger partial charge is 0.0474 e. The number of unbranched alkanes of at least 4 members (excludes halogenated alkanes) is 1. The molecule has 0 unspecified atom stereocenters. The van der Waals surface area contributed by atoms with E-state index in [9.17, 15) is 0 Å². The second kappa shape index (κ2) is 15.3. The number of nitrogens with two attached hydrogens (primary N) is 1. The Bertz CT molecular complexity index is 801. The van der Waals surface area contributed by atoms with Gasteiger partial charge in [0.15, 0.2) is 0 Å². The molecule has 29 heavy (non-hydrogen) atoms. The number of hydrogen-bond donors (Lipinski definition) is 1. The molecule has 3 nitrogen and oxygen atoms in total. The van der Waals surface area contributed by atoms with Gasteiger partial charge in [-0.15, -0.1) is 0 Å². The van der Waals surface area contributed by atoms with Gasteiger partial charge < -0.3 is 5.73 Å². The predicted octanol–water partition coefficient (Wildman–Crippen LogP) is 7.05. The van der Waals surface area contributed by atoms with E-state index in [0.717, 1.165) is 59.4 Å². The summed E-state index contributed by atoms with van der Waals surface area (Å²) >= 11 is 0. The van der Waals surface area contributed by atoms with E-state index in [1.165, 1.54) is 5.57 Å². The van der Waals surface area contributed by atoms with Gasteiger partial charge in [-0.25, -0.2) is 0 Å². The zero-order valence-corrected chi connectivity index (χ0v) is 19.7. The Kier molecular flexibility index (Phi) is 14.0. The number of rotatable bonds is 9. The third-order valence-corrected chi connectivity index (χ3v) is 4.57. The molecular formula is C26H39N3. The maximum absolute atomic E-state index is 6.53. The van der Waals surface area contributed by atoms with Crippen molar-refractivity contribution in [3.8, 4) is 11.8 Å². The van der Waals surface area contributed by atoms with Crippen LogP contribution in [0.1, 0.15) is 81.1 Å². The van der Waals surface area contributed by atoms with Gasteiger partial charge in [0.25, 0.3) is 0 Å². The number of nitrogens with zero attached hydrogens (tertiary/aromatic N) is 2. The van der Waals surface area contributed by atoms with Crippen molar-refractivity contribution >= 4 is 12.4 Å². The summed E-state index contributed by atoms with van der Waals surface area (Å²) < 4.78 is 0. The maximum atomic E-state index is 6.53. The quantitative estimate of drug-likeness (QED) is 0.254. The molecule has 0 amide bonds. The van der Waals surface area contributed by atoms with Crippen LogP contribution in [0.5, 0.6) is 0 Å². The van der Waals surface area contributed by atoms with Crippen LogP contribution in [-0.4, -0.2) is 12.4 Å². The first-order chi connectivity index (χ1) is 13.9. The molecule has 3 heteroatoms. The first-order valence-corrected chi connectivity index (χ1v) is 10.6. The lowest BCUT2D eigenvalue weighted by Gasteiger charge is -2.13. The molecule has 158 valence electrons. The summed E-state index contributed by atoms with van der Waals surface area (Å²) in [6, 6.07) is 0. The fraction of sp³-hybridized carbons (Fsp3) is 0.462. The van der Waals surface area contributed by atoms with Crippen molar-refractivity contribution in [2.45, 2.75) is 81.1 Å². The number of aliphatic imine (C=N–C) groups is 2. The second-order valence-corrected chi connectivity index (χ2v) is 6.90. The van der Waals surface area contributed by atoms with E-state index in [1.807, 2.05) is 33.0 Å². The highest BCUT2D eigenvalue weighted by Gasteiger charge is 2.12. The van der Waals surface area contributed by atoms with E-state index in [-0.39, 0.29) is 0 Å². The van der Waals surface area contributed by atoms with Crippen molar-refractivity contribution < 1.29 is 0 Å². The van der Waals surface area contributed by atoms with Gasteiger partial charge in [0, 0.05) is 46.7 Å². The molecule has 0 aromatic carbocycles. The predicted molar refractivity (Wildman–Crippen MR) is 131 cm³/mol. The Labute approximate surface area is 179 Å². The van der Waals surface area contributed by atoms with Crippen LogP contribution in [0.3, 0.4) is 0 Å². The fourth-order valence-electron chi connectivity index (χ4n) is 2.36. The van der Waals surface area contributed by atoms with Gasteiger partial charge in [-0.3, -0.25) is 9.98 Å². The largest absolute Gasteiger partial charge is 0.398 e. The average Bonchev–Trinajstić information content (AvgIpc) is 2.72. The molecule has 0 saturated carbocycles. The molecule has 0 bridgehead atoms. The lowest BCUT2D eigenvalue weighted by atomic mass is 9.96. The molecule has 0 fully saturated rings. The average molecular weight is 394 g/mol. The molecule has 0 aromatic rings. The Morgan fingerprint density at radius 1 is 1.00 bits per heavy atom. The van der Waals surface area contributed by atoms with Crippen LogP contribution in [0, 0.1) is 11.8 Å². The van der Waals surface area contributed by atoms with E-state index >= 15 is 0 Å². The highest BCUT2D eigenvalue weighted by Crippen LogP contribution is 2.25. The monoisotopic (exact) mass is 393 g/mol. The molecule has 0 rings (SSSR count). The van der Waals surface area contributed by atoms with E-state index in [2.05, 4.69) is 62.5 Å². The molecule has 0 aromatic heterocycles. The Morgan fingerprint density at radius 2 is 1.69 bits per heavy atom. The summed E-state index contributed by atoms with van der Waals surface area (Å²) in [5.41, 5.74) is 13.3. The molecule has 2 N–H and O–H groups in total. The van der Waals surface area contributed by atoms with Crippen LogP contribution in [0.15, 0.2) is 67.6 Å². The van der Waals surface area contributed by atoms with Gasteiger partial charge in [0.05, 0.1) is 0 Å². The van der Waals surface area contributed by atoms with Crippen LogP contribution >= 0.6 is 0 Å². The van der Waals surface area contributed by atoms with Gasteiger partial charge in [-0.2, -0.15) is 0 Å². The van der Waals surface area contributed by atoms with Crippen LogP contribution in [-0.2, 0) is 0 Å². The van der Waals surface area contributed by atoms with Crippen molar-refractivity contribution in [3.63, 3.8) is 0 Å². The summed E-state index contributed by atoms with van der Waals surface area (Å²) in [6.45, 7) is 16.4. The third-order valence-electron chi connectivity index (χ3n) is 4.57. The Hall–Kier alpha value is -2.60. The molecule has 0 atom stereocenters. The molecule has 0 saturated heterocycles. The van der Waals surface area contributed by atoms with Gasteiger partial charge >= 0.3 is 0 Å². The normalized spacial score (nSPS) is 15.4. The van der Waals surface area contributed by atoms with Crippen molar-refractivity contribution in [2.24, 2.45) is 15.7 Å². The van der Waals surface area contributed by atoms with Crippen LogP contribution in [0.4, 0.5) is 0 Å². The molecule has 0 aliphatic rings. The first-order valence-electron chi connectivity index (χ1n) is 10.6. The van der Waals surface area contributed by atoms with Crippen molar-refractivity contribution in [1.29, 1.82) is 0 Å². The van der Waals surface area contributed by atoms with E-state index < -0.39 is 0 Å². The number of hydrogen-bond acceptors (Lipinski definition) is 3. The SMILES string of the molecule is CC=N/C(C)=C(C(/C#CC(=C/C)/C=N/C=C(\C)CC)=C\CCC)\C(N)=C(/C)CC. The zero-order chi connectivity index (χ0) is 22.2. The summed E-state index contributed by atoms with van der Waals surface area (Å²) in [4.78, 5) is 8.89. The van der Waals surface area contributed by atoms with Crippen LogP contribution < -0.4 is 5.73 Å². The Balaban J connectivity index is 6.35. The number of allylic oxidation sites excluding steroid dienone is 7. The lowest BCUT2D eigenvalue weighted by molar-refractivity contribution is 0.951. The minimum absolute atomic E-state index is 0.768. The third kappa shape index (κ3) is 9.94. The van der Waals surface area contributed by atoms with Gasteiger partial charge in [0.2, 0.25) is 0 Å². The fourth-order valence-corrected chi connectivity index (χ4v) is 2.36. The van der Waals surface area contributed by atoms with Gasteiger partial charge in [-0.05, 0) is 59.5 Å². The second-order valence-electron chi connectivity index (χ2n) is 6.90. The summed E-state index contributed by atoms with van der Waals surface area (Å²) in [5.74, 6) is 6.60.